The van der Waals surface area contributed by atoms with E-state index in [9.17, 15) is 0 Å². The van der Waals surface area contributed by atoms with E-state index in [0.717, 1.165) is 29.7 Å². The number of oxime groups is 1. The quantitative estimate of drug-likeness (QED) is 0.386. The van der Waals surface area contributed by atoms with Gasteiger partial charge in [-0.25, -0.2) is 0 Å². The molecule has 1 aromatic carbocycles. The van der Waals surface area contributed by atoms with Gasteiger partial charge in [-0.05, 0) is 40.5 Å². The number of nitrogens with zero attached hydrogens (tertiary/aromatic N) is 2. The Morgan fingerprint density at radius 2 is 2.39 bits per heavy atom. The van der Waals surface area contributed by atoms with E-state index in [1.165, 1.54) is 0 Å². The fourth-order valence-corrected chi connectivity index (χ4v) is 2.69. The van der Waals surface area contributed by atoms with Gasteiger partial charge in [0.2, 0.25) is 0 Å². The maximum atomic E-state index is 8.68. The normalized spacial score (nSPS) is 20.4. The molecule has 5 nitrogen and oxygen atoms in total. The first-order valence-electron chi connectivity index (χ1n) is 5.71. The van der Waals surface area contributed by atoms with Crippen LogP contribution in [0.3, 0.4) is 0 Å². The number of halogens is 1. The van der Waals surface area contributed by atoms with Crippen molar-refractivity contribution in [3.05, 3.63) is 28.2 Å². The second-order valence-corrected chi connectivity index (χ2v) is 5.10. The van der Waals surface area contributed by atoms with Gasteiger partial charge in [-0.2, -0.15) is 0 Å². The van der Waals surface area contributed by atoms with Crippen LogP contribution < -0.4 is 10.6 Å². The fraction of sp³-hybridized carbons (Fsp3) is 0.417. The van der Waals surface area contributed by atoms with Crippen molar-refractivity contribution in [2.24, 2.45) is 10.9 Å². The molecule has 2 rings (SSSR count). The molecule has 1 unspecified atom stereocenters. The predicted molar refractivity (Wildman–Crippen MR) is 74.3 cm³/mol. The zero-order valence-corrected chi connectivity index (χ0v) is 11.7. The van der Waals surface area contributed by atoms with Gasteiger partial charge in [-0.3, -0.25) is 0 Å². The minimum atomic E-state index is 0.101. The van der Waals surface area contributed by atoms with Crippen LogP contribution in [-0.4, -0.2) is 37.3 Å². The van der Waals surface area contributed by atoms with Crippen molar-refractivity contribution >= 4 is 27.5 Å². The van der Waals surface area contributed by atoms with E-state index in [-0.39, 0.29) is 5.84 Å². The zero-order valence-electron chi connectivity index (χ0n) is 10.1. The van der Waals surface area contributed by atoms with Crippen molar-refractivity contribution in [3.63, 3.8) is 0 Å². The average Bonchev–Trinajstić information content (AvgIpc) is 2.86. The van der Waals surface area contributed by atoms with Crippen LogP contribution in [0.25, 0.3) is 0 Å². The lowest BCUT2D eigenvalue weighted by molar-refractivity contribution is 0.121. The topological polar surface area (TPSA) is 71.1 Å². The molecule has 98 valence electrons. The third-order valence-electron chi connectivity index (χ3n) is 3.18. The van der Waals surface area contributed by atoms with Crippen LogP contribution in [0, 0.1) is 0 Å². The number of amidine groups is 1. The molecule has 0 saturated carbocycles. The van der Waals surface area contributed by atoms with E-state index in [2.05, 4.69) is 26.0 Å². The monoisotopic (exact) mass is 313 g/mol. The molecule has 6 heteroatoms. The molecule has 1 saturated heterocycles. The highest BCUT2D eigenvalue weighted by molar-refractivity contribution is 9.10. The van der Waals surface area contributed by atoms with Gasteiger partial charge in [0.1, 0.15) is 0 Å². The maximum absolute atomic E-state index is 8.68. The summed E-state index contributed by atoms with van der Waals surface area (Å²) in [5.41, 5.74) is 7.37. The fourth-order valence-electron chi connectivity index (χ4n) is 2.12. The molecule has 1 fully saturated rings. The number of hydrogen-bond donors (Lipinski definition) is 2. The standard InChI is InChI=1S/C12H16BrN3O2/c1-18-9-4-5-16(7-9)8-2-3-10(11(13)6-8)12(14)15-17/h2-3,6,9,17H,4-5,7H2,1H3,(H2,14,15). The Hall–Kier alpha value is -1.27. The summed E-state index contributed by atoms with van der Waals surface area (Å²) in [6, 6.07) is 5.79. The summed E-state index contributed by atoms with van der Waals surface area (Å²) in [5.74, 6) is 0.101. The summed E-state index contributed by atoms with van der Waals surface area (Å²) >= 11 is 3.44. The number of methoxy groups -OCH3 is 1. The van der Waals surface area contributed by atoms with Gasteiger partial charge < -0.3 is 20.6 Å². The molecule has 0 radical (unpaired) electrons. The Morgan fingerprint density at radius 1 is 1.61 bits per heavy atom. The molecule has 0 aromatic heterocycles. The molecule has 1 aromatic rings. The highest BCUT2D eigenvalue weighted by Gasteiger charge is 2.22. The Morgan fingerprint density at radius 3 is 2.94 bits per heavy atom. The zero-order chi connectivity index (χ0) is 13.1. The molecule has 0 spiro atoms. The maximum Gasteiger partial charge on any atom is 0.171 e. The molecule has 0 aliphatic carbocycles. The van der Waals surface area contributed by atoms with E-state index in [0.29, 0.717) is 11.7 Å². The number of rotatable bonds is 3. The van der Waals surface area contributed by atoms with Gasteiger partial charge in [-0.1, -0.05) is 5.16 Å². The number of nitrogens with two attached hydrogens (primary N) is 1. The molecule has 0 amide bonds. The van der Waals surface area contributed by atoms with E-state index in [1.807, 2.05) is 18.2 Å². The molecule has 3 N–H and O–H groups in total. The van der Waals surface area contributed by atoms with Crippen LogP contribution in [0.2, 0.25) is 0 Å². The molecule has 0 bridgehead atoms. The van der Waals surface area contributed by atoms with Crippen LogP contribution >= 0.6 is 15.9 Å². The molecule has 1 atom stereocenters. The van der Waals surface area contributed by atoms with Gasteiger partial charge in [0.05, 0.1) is 6.10 Å². The van der Waals surface area contributed by atoms with Crippen molar-refractivity contribution in [1.82, 2.24) is 0 Å². The van der Waals surface area contributed by atoms with E-state index in [1.54, 1.807) is 7.11 Å². The Labute approximate surface area is 114 Å². The predicted octanol–water partition coefficient (Wildman–Crippen LogP) is 1.77. The van der Waals surface area contributed by atoms with Crippen molar-refractivity contribution in [3.8, 4) is 0 Å². The summed E-state index contributed by atoms with van der Waals surface area (Å²) < 4.78 is 6.16. The lowest BCUT2D eigenvalue weighted by Crippen LogP contribution is -2.22. The molecule has 1 aliphatic rings. The smallest absolute Gasteiger partial charge is 0.171 e. The van der Waals surface area contributed by atoms with Crippen LogP contribution in [-0.2, 0) is 4.74 Å². The van der Waals surface area contributed by atoms with Gasteiger partial charge in [0.25, 0.3) is 0 Å². The number of benzene rings is 1. The van der Waals surface area contributed by atoms with Crippen molar-refractivity contribution < 1.29 is 9.94 Å². The summed E-state index contributed by atoms with van der Waals surface area (Å²) in [4.78, 5) is 2.26. The van der Waals surface area contributed by atoms with E-state index < -0.39 is 0 Å². The Bertz CT molecular complexity index is 465. The summed E-state index contributed by atoms with van der Waals surface area (Å²) in [6.45, 7) is 1.87. The highest BCUT2D eigenvalue weighted by atomic mass is 79.9. The van der Waals surface area contributed by atoms with Crippen molar-refractivity contribution in [2.75, 3.05) is 25.1 Å². The summed E-state index contributed by atoms with van der Waals surface area (Å²) in [7, 11) is 1.74. The lowest BCUT2D eigenvalue weighted by atomic mass is 10.2. The molecule has 1 aliphatic heterocycles. The number of ether oxygens (including phenoxy) is 1. The lowest BCUT2D eigenvalue weighted by Gasteiger charge is -2.19. The highest BCUT2D eigenvalue weighted by Crippen LogP contribution is 2.27. The van der Waals surface area contributed by atoms with Crippen LogP contribution in [0.5, 0.6) is 0 Å². The Balaban J connectivity index is 2.19. The van der Waals surface area contributed by atoms with E-state index >= 15 is 0 Å². The molecular weight excluding hydrogens is 298 g/mol. The van der Waals surface area contributed by atoms with Crippen molar-refractivity contribution in [1.29, 1.82) is 0 Å². The van der Waals surface area contributed by atoms with Crippen LogP contribution in [0.4, 0.5) is 5.69 Å². The molecule has 1 heterocycles. The number of hydrogen-bond acceptors (Lipinski definition) is 4. The van der Waals surface area contributed by atoms with Gasteiger partial charge in [-0.15, -0.1) is 0 Å². The average molecular weight is 314 g/mol. The van der Waals surface area contributed by atoms with Crippen LogP contribution in [0.1, 0.15) is 12.0 Å². The second-order valence-electron chi connectivity index (χ2n) is 4.24. The minimum absolute atomic E-state index is 0.101. The first kappa shape index (κ1) is 13.2. The first-order valence-corrected chi connectivity index (χ1v) is 6.50. The minimum Gasteiger partial charge on any atom is -0.409 e. The van der Waals surface area contributed by atoms with Gasteiger partial charge in [0, 0.05) is 35.9 Å². The molecule has 18 heavy (non-hydrogen) atoms. The van der Waals surface area contributed by atoms with Crippen molar-refractivity contribution in [2.45, 2.75) is 12.5 Å². The second kappa shape index (κ2) is 5.58. The third kappa shape index (κ3) is 2.59. The van der Waals surface area contributed by atoms with Gasteiger partial charge in [0.15, 0.2) is 5.84 Å². The summed E-state index contributed by atoms with van der Waals surface area (Å²) in [5, 5.41) is 11.7. The summed E-state index contributed by atoms with van der Waals surface area (Å²) in [6.07, 6.45) is 1.34. The SMILES string of the molecule is COC1CCN(c2ccc(/C(N)=N/O)c(Br)c2)C1. The van der Waals surface area contributed by atoms with E-state index in [4.69, 9.17) is 15.7 Å². The van der Waals surface area contributed by atoms with Gasteiger partial charge >= 0.3 is 0 Å². The first-order chi connectivity index (χ1) is 8.65. The Kier molecular flexibility index (Phi) is 4.08. The molecular formula is C12H16BrN3O2. The largest absolute Gasteiger partial charge is 0.409 e. The van der Waals surface area contributed by atoms with Crippen LogP contribution in [0.15, 0.2) is 27.8 Å². The number of anilines is 1. The third-order valence-corrected chi connectivity index (χ3v) is 3.84.